The highest BCUT2D eigenvalue weighted by atomic mass is 16.4. The van der Waals surface area contributed by atoms with E-state index in [-0.39, 0.29) is 11.7 Å². The quantitative estimate of drug-likeness (QED) is 0.323. The first kappa shape index (κ1) is 15.3. The Morgan fingerprint density at radius 2 is 2.24 bits per heavy atom. The van der Waals surface area contributed by atoms with E-state index in [0.29, 0.717) is 25.8 Å². The lowest BCUT2D eigenvalue weighted by Crippen LogP contribution is -2.51. The van der Waals surface area contributed by atoms with Crippen LogP contribution in [0.2, 0.25) is 0 Å². The average molecular weight is 293 g/mol. The van der Waals surface area contributed by atoms with Crippen LogP contribution in [0.5, 0.6) is 0 Å². The summed E-state index contributed by atoms with van der Waals surface area (Å²) in [6.07, 6.45) is 6.74. The third-order valence-corrected chi connectivity index (χ3v) is 4.18. The van der Waals surface area contributed by atoms with Crippen LogP contribution in [-0.4, -0.2) is 33.3 Å². The van der Waals surface area contributed by atoms with E-state index in [2.05, 4.69) is 15.6 Å². The Labute approximate surface area is 124 Å². The lowest BCUT2D eigenvalue weighted by molar-refractivity contribution is -0.129. The maximum absolute atomic E-state index is 12.5. The van der Waals surface area contributed by atoms with Gasteiger partial charge >= 0.3 is 0 Å². The summed E-state index contributed by atoms with van der Waals surface area (Å²) in [7, 11) is 1.86. The predicted octanol–water partition coefficient (Wildman–Crippen LogP) is 0.776. The monoisotopic (exact) mass is 293 g/mol. The van der Waals surface area contributed by atoms with Crippen LogP contribution in [0.15, 0.2) is 17.4 Å². The number of carbonyl (C=O) groups excluding carboxylic acids is 1. The van der Waals surface area contributed by atoms with Crippen LogP contribution < -0.4 is 11.1 Å². The summed E-state index contributed by atoms with van der Waals surface area (Å²) in [6.45, 7) is 0.496. The van der Waals surface area contributed by atoms with Gasteiger partial charge in [0.15, 0.2) is 5.84 Å². The van der Waals surface area contributed by atoms with Crippen molar-refractivity contribution in [2.24, 2.45) is 23.4 Å². The van der Waals surface area contributed by atoms with Gasteiger partial charge in [0.25, 0.3) is 0 Å². The molecule has 21 heavy (non-hydrogen) atoms. The third-order valence-electron chi connectivity index (χ3n) is 4.18. The van der Waals surface area contributed by atoms with Gasteiger partial charge in [-0.1, -0.05) is 24.4 Å². The summed E-state index contributed by atoms with van der Waals surface area (Å²) in [5, 5.41) is 19.2. The second-order valence-corrected chi connectivity index (χ2v) is 5.61. The number of amides is 1. The molecule has 1 aliphatic carbocycles. The number of nitrogens with one attached hydrogen (secondary N) is 1. The highest BCUT2D eigenvalue weighted by Gasteiger charge is 2.43. The molecule has 1 amide bonds. The molecule has 1 fully saturated rings. The van der Waals surface area contributed by atoms with Gasteiger partial charge in [-0.2, -0.15) is 5.10 Å². The predicted molar refractivity (Wildman–Crippen MR) is 78.8 cm³/mol. The maximum Gasteiger partial charge on any atom is 0.233 e. The van der Waals surface area contributed by atoms with Crippen molar-refractivity contribution < 1.29 is 10.0 Å². The van der Waals surface area contributed by atoms with Gasteiger partial charge in [0.1, 0.15) is 5.41 Å². The van der Waals surface area contributed by atoms with E-state index in [4.69, 9.17) is 10.9 Å². The van der Waals surface area contributed by atoms with Crippen LogP contribution >= 0.6 is 0 Å². The number of oxime groups is 1. The van der Waals surface area contributed by atoms with Crippen LogP contribution in [0.1, 0.15) is 37.8 Å². The largest absolute Gasteiger partial charge is 0.409 e. The number of amidine groups is 1. The van der Waals surface area contributed by atoms with Crippen LogP contribution in [0.4, 0.5) is 0 Å². The molecule has 0 atom stereocenters. The number of hydrogen-bond acceptors (Lipinski definition) is 4. The Bertz CT molecular complexity index is 517. The minimum absolute atomic E-state index is 0.0255. The van der Waals surface area contributed by atoms with E-state index >= 15 is 0 Å². The molecule has 0 unspecified atom stereocenters. The first-order valence-corrected chi connectivity index (χ1v) is 7.33. The SMILES string of the molecule is Cn1ccc(CCNC(=O)C2(/C(N)=N/O)CCCCC2)n1. The molecule has 0 saturated heterocycles. The molecule has 7 heteroatoms. The normalized spacial score (nSPS) is 18.4. The Morgan fingerprint density at radius 1 is 1.52 bits per heavy atom. The lowest BCUT2D eigenvalue weighted by Gasteiger charge is -2.34. The second-order valence-electron chi connectivity index (χ2n) is 5.61. The number of nitrogens with zero attached hydrogens (tertiary/aromatic N) is 3. The Hall–Kier alpha value is -2.05. The smallest absolute Gasteiger partial charge is 0.233 e. The van der Waals surface area contributed by atoms with Gasteiger partial charge in [-0.25, -0.2) is 0 Å². The summed E-state index contributed by atoms with van der Waals surface area (Å²) in [4.78, 5) is 12.5. The van der Waals surface area contributed by atoms with E-state index in [1.807, 2.05) is 19.3 Å². The van der Waals surface area contributed by atoms with Crippen molar-refractivity contribution in [2.45, 2.75) is 38.5 Å². The number of aryl methyl sites for hydroxylation is 1. The molecule has 0 aliphatic heterocycles. The molecule has 1 heterocycles. The molecule has 1 aromatic heterocycles. The molecule has 0 radical (unpaired) electrons. The molecule has 2 rings (SSSR count). The van der Waals surface area contributed by atoms with E-state index in [0.717, 1.165) is 25.0 Å². The fraction of sp³-hybridized carbons (Fsp3) is 0.643. The van der Waals surface area contributed by atoms with Gasteiger partial charge in [-0.15, -0.1) is 0 Å². The summed E-state index contributed by atoms with van der Waals surface area (Å²) >= 11 is 0. The van der Waals surface area contributed by atoms with Gasteiger partial charge < -0.3 is 16.3 Å². The Balaban J connectivity index is 1.95. The summed E-state index contributed by atoms with van der Waals surface area (Å²) in [5.74, 6) is -0.119. The van der Waals surface area contributed by atoms with E-state index in [1.54, 1.807) is 4.68 Å². The van der Waals surface area contributed by atoms with Gasteiger partial charge in [0.05, 0.1) is 5.69 Å². The van der Waals surface area contributed by atoms with Crippen molar-refractivity contribution in [1.82, 2.24) is 15.1 Å². The van der Waals surface area contributed by atoms with Gasteiger partial charge in [0, 0.05) is 26.2 Å². The number of rotatable bonds is 5. The fourth-order valence-corrected chi connectivity index (χ4v) is 2.92. The van der Waals surface area contributed by atoms with Crippen molar-refractivity contribution in [3.8, 4) is 0 Å². The average Bonchev–Trinajstić information content (AvgIpc) is 2.92. The zero-order valence-corrected chi connectivity index (χ0v) is 12.4. The molecule has 1 saturated carbocycles. The maximum atomic E-state index is 12.5. The van der Waals surface area contributed by atoms with Crippen molar-refractivity contribution in [2.75, 3.05) is 6.54 Å². The number of hydrogen-bond donors (Lipinski definition) is 3. The first-order valence-electron chi connectivity index (χ1n) is 7.33. The second kappa shape index (κ2) is 6.60. The number of carbonyl (C=O) groups is 1. The first-order chi connectivity index (χ1) is 10.1. The van der Waals surface area contributed by atoms with E-state index in [1.165, 1.54) is 0 Å². The standard InChI is InChI=1S/C14H23N5O2/c1-19-10-6-11(17-19)5-9-16-13(20)14(12(15)18-21)7-3-2-4-8-14/h6,10,21H,2-5,7-9H2,1H3,(H2,15,18)(H,16,20). The van der Waals surface area contributed by atoms with Crippen molar-refractivity contribution in [1.29, 1.82) is 0 Å². The molecular formula is C14H23N5O2. The van der Waals surface area contributed by atoms with E-state index < -0.39 is 5.41 Å². The van der Waals surface area contributed by atoms with Crippen LogP contribution in [0, 0.1) is 5.41 Å². The summed E-state index contributed by atoms with van der Waals surface area (Å²) in [6, 6.07) is 1.92. The molecular weight excluding hydrogens is 270 g/mol. The molecule has 0 spiro atoms. The Morgan fingerprint density at radius 3 is 2.81 bits per heavy atom. The van der Waals surface area contributed by atoms with Crippen LogP contribution in [-0.2, 0) is 18.3 Å². The fourth-order valence-electron chi connectivity index (χ4n) is 2.92. The third kappa shape index (κ3) is 3.34. The van der Waals surface area contributed by atoms with Crippen molar-refractivity contribution in [3.05, 3.63) is 18.0 Å². The molecule has 4 N–H and O–H groups in total. The molecule has 0 bridgehead atoms. The van der Waals surface area contributed by atoms with Gasteiger partial charge in [-0.05, 0) is 18.9 Å². The van der Waals surface area contributed by atoms with Crippen molar-refractivity contribution in [3.63, 3.8) is 0 Å². The minimum Gasteiger partial charge on any atom is -0.409 e. The molecule has 0 aromatic carbocycles. The molecule has 7 nitrogen and oxygen atoms in total. The van der Waals surface area contributed by atoms with Crippen LogP contribution in [0.3, 0.4) is 0 Å². The molecule has 116 valence electrons. The minimum atomic E-state index is -0.850. The summed E-state index contributed by atoms with van der Waals surface area (Å²) in [5.41, 5.74) is 5.87. The van der Waals surface area contributed by atoms with E-state index in [9.17, 15) is 4.79 Å². The summed E-state index contributed by atoms with van der Waals surface area (Å²) < 4.78 is 1.73. The Kier molecular flexibility index (Phi) is 4.82. The highest BCUT2D eigenvalue weighted by molar-refractivity contribution is 6.06. The zero-order chi connectivity index (χ0) is 15.3. The number of nitrogens with two attached hydrogens (primary N) is 1. The zero-order valence-electron chi connectivity index (χ0n) is 12.4. The number of aromatic nitrogens is 2. The van der Waals surface area contributed by atoms with Crippen LogP contribution in [0.25, 0.3) is 0 Å². The molecule has 1 aromatic rings. The van der Waals surface area contributed by atoms with Crippen molar-refractivity contribution >= 4 is 11.7 Å². The van der Waals surface area contributed by atoms with Gasteiger partial charge in [-0.3, -0.25) is 9.48 Å². The highest BCUT2D eigenvalue weighted by Crippen LogP contribution is 2.36. The lowest BCUT2D eigenvalue weighted by atomic mass is 9.72. The topological polar surface area (TPSA) is 106 Å². The van der Waals surface area contributed by atoms with Gasteiger partial charge in [0.2, 0.25) is 5.91 Å². The molecule has 1 aliphatic rings.